The Labute approximate surface area is 139 Å². The minimum absolute atomic E-state index is 0.0222. The molecule has 0 aliphatic rings. The summed E-state index contributed by atoms with van der Waals surface area (Å²) in [6.07, 6.45) is 0. The van der Waals surface area contributed by atoms with Gasteiger partial charge in [-0.05, 0) is 26.0 Å². The van der Waals surface area contributed by atoms with Gasteiger partial charge in [-0.2, -0.15) is 4.39 Å². The predicted octanol–water partition coefficient (Wildman–Crippen LogP) is 2.60. The highest BCUT2D eigenvalue weighted by molar-refractivity contribution is 7.13. The number of carbonyl (C=O) groups excluding carboxylic acids is 2. The summed E-state index contributed by atoms with van der Waals surface area (Å²) in [5, 5.41) is 13.6. The summed E-state index contributed by atoms with van der Waals surface area (Å²) in [4.78, 5) is 37.7. The zero-order valence-electron chi connectivity index (χ0n) is 12.7. The zero-order valence-corrected chi connectivity index (χ0v) is 13.5. The Bertz CT molecular complexity index is 821. The van der Waals surface area contributed by atoms with Crippen molar-refractivity contribution < 1.29 is 23.6 Å². The Morgan fingerprint density at radius 1 is 1.42 bits per heavy atom. The van der Waals surface area contributed by atoms with Gasteiger partial charge in [0.15, 0.2) is 6.61 Å². The van der Waals surface area contributed by atoms with Gasteiger partial charge in [-0.1, -0.05) is 0 Å². The molecule has 2 aromatic rings. The molecule has 0 bridgehead atoms. The number of ether oxygens (including phenoxy) is 1. The van der Waals surface area contributed by atoms with Crippen LogP contribution in [-0.2, 0) is 9.53 Å². The smallest absolute Gasteiger partial charge is 0.350 e. The molecule has 0 saturated carbocycles. The lowest BCUT2D eigenvalue weighted by Crippen LogP contribution is -2.21. The number of nitrogens with one attached hydrogen (secondary N) is 1. The highest BCUT2D eigenvalue weighted by atomic mass is 32.1. The van der Waals surface area contributed by atoms with E-state index in [4.69, 9.17) is 4.74 Å². The number of nitrogens with zero attached hydrogens (tertiary/aromatic N) is 2. The number of hydrogen-bond acceptors (Lipinski definition) is 7. The first kappa shape index (κ1) is 17.5. The van der Waals surface area contributed by atoms with Crippen molar-refractivity contribution in [3.8, 4) is 0 Å². The topological polar surface area (TPSA) is 111 Å². The molecule has 0 aliphatic heterocycles. The summed E-state index contributed by atoms with van der Waals surface area (Å²) in [5.41, 5.74) is -0.230. The number of hydrogen-bond donors (Lipinski definition) is 1. The van der Waals surface area contributed by atoms with Crippen molar-refractivity contribution in [3.05, 3.63) is 49.7 Å². The SMILES string of the molecule is Cc1nc(C)c(C(=O)OCC(=O)Nc2ccc(F)c([N+](=O)[O-])c2)s1. The van der Waals surface area contributed by atoms with E-state index in [1.807, 2.05) is 0 Å². The molecule has 1 aromatic heterocycles. The highest BCUT2D eigenvalue weighted by Gasteiger charge is 2.18. The maximum absolute atomic E-state index is 13.2. The van der Waals surface area contributed by atoms with E-state index in [-0.39, 0.29) is 5.69 Å². The third kappa shape index (κ3) is 4.10. The van der Waals surface area contributed by atoms with Crippen LogP contribution in [0.1, 0.15) is 20.4 Å². The summed E-state index contributed by atoms with van der Waals surface area (Å²) < 4.78 is 18.1. The van der Waals surface area contributed by atoms with Gasteiger partial charge in [-0.25, -0.2) is 9.78 Å². The Morgan fingerprint density at radius 2 is 2.12 bits per heavy atom. The van der Waals surface area contributed by atoms with E-state index < -0.39 is 34.9 Å². The minimum atomic E-state index is -1.01. The first-order chi connectivity index (χ1) is 11.3. The van der Waals surface area contributed by atoms with Crippen molar-refractivity contribution in [1.29, 1.82) is 0 Å². The number of nitro benzene ring substituents is 1. The summed E-state index contributed by atoms with van der Waals surface area (Å²) in [6.45, 7) is 2.81. The van der Waals surface area contributed by atoms with Gasteiger partial charge >= 0.3 is 11.7 Å². The van der Waals surface area contributed by atoms with Crippen LogP contribution in [0.15, 0.2) is 18.2 Å². The van der Waals surface area contributed by atoms with Crippen LogP contribution < -0.4 is 5.32 Å². The molecule has 1 N–H and O–H groups in total. The first-order valence-electron chi connectivity index (χ1n) is 6.63. The molecule has 10 heteroatoms. The van der Waals surface area contributed by atoms with Crippen molar-refractivity contribution in [2.75, 3.05) is 11.9 Å². The second-order valence-electron chi connectivity index (χ2n) is 4.70. The van der Waals surface area contributed by atoms with Crippen LogP contribution >= 0.6 is 11.3 Å². The monoisotopic (exact) mass is 353 g/mol. The van der Waals surface area contributed by atoms with Crippen molar-refractivity contribution >= 4 is 34.6 Å². The van der Waals surface area contributed by atoms with E-state index in [2.05, 4.69) is 10.3 Å². The van der Waals surface area contributed by atoms with Crippen LogP contribution in [0.4, 0.5) is 15.8 Å². The summed E-state index contributed by atoms with van der Waals surface area (Å²) in [5.74, 6) is -2.40. The molecule has 0 aliphatic carbocycles. The molecule has 0 fully saturated rings. The molecule has 0 atom stereocenters. The van der Waals surface area contributed by atoms with Gasteiger partial charge in [0.2, 0.25) is 5.82 Å². The molecular weight excluding hydrogens is 341 g/mol. The molecule has 1 aromatic carbocycles. The number of anilines is 1. The first-order valence-corrected chi connectivity index (χ1v) is 7.44. The van der Waals surface area contributed by atoms with Gasteiger partial charge in [0.1, 0.15) is 4.88 Å². The number of benzene rings is 1. The fourth-order valence-corrected chi connectivity index (χ4v) is 2.66. The number of aryl methyl sites for hydroxylation is 2. The van der Waals surface area contributed by atoms with E-state index in [0.717, 1.165) is 23.5 Å². The maximum atomic E-state index is 13.2. The van der Waals surface area contributed by atoms with Crippen LogP contribution in [0, 0.1) is 29.8 Å². The zero-order chi connectivity index (χ0) is 17.9. The second-order valence-corrected chi connectivity index (χ2v) is 5.90. The van der Waals surface area contributed by atoms with Crippen molar-refractivity contribution in [2.24, 2.45) is 0 Å². The Hall–Kier alpha value is -2.88. The number of amides is 1. The number of carbonyl (C=O) groups is 2. The van der Waals surface area contributed by atoms with Gasteiger partial charge in [0.05, 0.1) is 15.6 Å². The quantitative estimate of drug-likeness (QED) is 0.502. The Balaban J connectivity index is 1.96. The summed E-state index contributed by atoms with van der Waals surface area (Å²) in [7, 11) is 0. The lowest BCUT2D eigenvalue weighted by atomic mass is 10.2. The van der Waals surface area contributed by atoms with Crippen LogP contribution in [0.25, 0.3) is 0 Å². The van der Waals surface area contributed by atoms with Crippen LogP contribution in [0.2, 0.25) is 0 Å². The van der Waals surface area contributed by atoms with Gasteiger partial charge < -0.3 is 10.1 Å². The lowest BCUT2D eigenvalue weighted by molar-refractivity contribution is -0.387. The minimum Gasteiger partial charge on any atom is -0.451 e. The molecule has 0 unspecified atom stereocenters. The van der Waals surface area contributed by atoms with Crippen molar-refractivity contribution in [2.45, 2.75) is 13.8 Å². The van der Waals surface area contributed by atoms with Gasteiger partial charge in [0.25, 0.3) is 5.91 Å². The predicted molar refractivity (Wildman–Crippen MR) is 83.6 cm³/mol. The van der Waals surface area contributed by atoms with E-state index in [0.29, 0.717) is 15.6 Å². The number of halogens is 1. The number of thiazole rings is 1. The molecule has 0 spiro atoms. The molecular formula is C14H12FN3O5S. The maximum Gasteiger partial charge on any atom is 0.350 e. The third-order valence-corrected chi connectivity index (χ3v) is 3.90. The number of esters is 1. The normalized spacial score (nSPS) is 10.3. The fourth-order valence-electron chi connectivity index (χ4n) is 1.84. The molecule has 1 heterocycles. The van der Waals surface area contributed by atoms with Gasteiger partial charge in [-0.15, -0.1) is 11.3 Å². The number of aromatic nitrogens is 1. The summed E-state index contributed by atoms with van der Waals surface area (Å²) >= 11 is 1.15. The average Bonchev–Trinajstić information content (AvgIpc) is 2.85. The molecule has 1 amide bonds. The summed E-state index contributed by atoms with van der Waals surface area (Å²) in [6, 6.07) is 2.91. The fraction of sp³-hybridized carbons (Fsp3) is 0.214. The van der Waals surface area contributed by atoms with Gasteiger partial charge in [-0.3, -0.25) is 14.9 Å². The van der Waals surface area contributed by atoms with E-state index in [9.17, 15) is 24.1 Å². The lowest BCUT2D eigenvalue weighted by Gasteiger charge is -2.06. The highest BCUT2D eigenvalue weighted by Crippen LogP contribution is 2.22. The van der Waals surface area contributed by atoms with Crippen LogP contribution in [0.3, 0.4) is 0 Å². The van der Waals surface area contributed by atoms with Crippen LogP contribution in [-0.4, -0.2) is 28.4 Å². The molecule has 0 saturated heterocycles. The standard InChI is InChI=1S/C14H12FN3O5S/c1-7-13(24-8(2)16-7)14(20)23-6-12(19)17-9-3-4-10(15)11(5-9)18(21)22/h3-5H,6H2,1-2H3,(H,17,19). The third-order valence-electron chi connectivity index (χ3n) is 2.85. The number of nitro groups is 1. The number of rotatable bonds is 5. The molecule has 126 valence electrons. The van der Waals surface area contributed by atoms with Gasteiger partial charge in [0, 0.05) is 11.8 Å². The Kier molecular flexibility index (Phi) is 5.19. The molecule has 2 rings (SSSR count). The molecule has 0 radical (unpaired) electrons. The van der Waals surface area contributed by atoms with Crippen molar-refractivity contribution in [1.82, 2.24) is 4.98 Å². The molecule has 24 heavy (non-hydrogen) atoms. The second kappa shape index (κ2) is 7.13. The Morgan fingerprint density at radius 3 is 2.71 bits per heavy atom. The van der Waals surface area contributed by atoms with E-state index in [1.165, 1.54) is 6.07 Å². The van der Waals surface area contributed by atoms with E-state index in [1.54, 1.807) is 13.8 Å². The van der Waals surface area contributed by atoms with E-state index >= 15 is 0 Å². The molecule has 8 nitrogen and oxygen atoms in total. The van der Waals surface area contributed by atoms with Crippen LogP contribution in [0.5, 0.6) is 0 Å². The largest absolute Gasteiger partial charge is 0.451 e. The van der Waals surface area contributed by atoms with Crippen molar-refractivity contribution in [3.63, 3.8) is 0 Å². The average molecular weight is 353 g/mol.